The van der Waals surface area contributed by atoms with Crippen molar-refractivity contribution in [2.24, 2.45) is 0 Å². The summed E-state index contributed by atoms with van der Waals surface area (Å²) in [6, 6.07) is 16.5. The molecule has 0 saturated heterocycles. The molecule has 0 fully saturated rings. The van der Waals surface area contributed by atoms with E-state index >= 15 is 0 Å². The number of amides is 2. The first kappa shape index (κ1) is 24.6. The maximum atomic E-state index is 13.2. The minimum absolute atomic E-state index is 0.150. The molecule has 5 rings (SSSR count). The van der Waals surface area contributed by atoms with Crippen LogP contribution in [0.2, 0.25) is 0 Å². The summed E-state index contributed by atoms with van der Waals surface area (Å²) >= 11 is 1.37. The molecule has 0 unspecified atom stereocenters. The Morgan fingerprint density at radius 3 is 2.73 bits per heavy atom. The van der Waals surface area contributed by atoms with E-state index < -0.39 is 0 Å². The van der Waals surface area contributed by atoms with Crippen LogP contribution in [-0.2, 0) is 11.3 Å². The molecule has 2 aliphatic rings. The van der Waals surface area contributed by atoms with Crippen molar-refractivity contribution >= 4 is 35.3 Å². The number of thioether (sulfide) groups is 1. The number of hydrogen-bond donors (Lipinski definition) is 1. The molecule has 0 bridgehead atoms. The zero-order valence-corrected chi connectivity index (χ0v) is 21.5. The topological polar surface area (TPSA) is 86.3 Å². The van der Waals surface area contributed by atoms with E-state index in [1.165, 1.54) is 11.8 Å². The summed E-state index contributed by atoms with van der Waals surface area (Å²) < 4.78 is 21.7. The van der Waals surface area contributed by atoms with Crippen LogP contribution in [0.1, 0.15) is 28.4 Å². The Bertz CT molecular complexity index is 1400. The van der Waals surface area contributed by atoms with Gasteiger partial charge in [0.2, 0.25) is 6.79 Å². The van der Waals surface area contributed by atoms with Crippen molar-refractivity contribution in [3.8, 4) is 23.0 Å². The fourth-order valence-electron chi connectivity index (χ4n) is 4.07. The van der Waals surface area contributed by atoms with E-state index in [-0.39, 0.29) is 18.6 Å². The smallest absolute Gasteiger partial charge is 0.264 e. The lowest BCUT2D eigenvalue weighted by atomic mass is 10.1. The Morgan fingerprint density at radius 2 is 1.92 bits per heavy atom. The summed E-state index contributed by atoms with van der Waals surface area (Å²) in [5.74, 6) is 2.25. The van der Waals surface area contributed by atoms with Gasteiger partial charge in [-0.05, 0) is 66.6 Å². The van der Waals surface area contributed by atoms with Crippen molar-refractivity contribution in [2.75, 3.05) is 32.5 Å². The first-order valence-corrected chi connectivity index (χ1v) is 12.6. The van der Waals surface area contributed by atoms with E-state index in [1.54, 1.807) is 31.2 Å². The molecule has 2 amide bonds. The molecule has 0 spiro atoms. The van der Waals surface area contributed by atoms with Crippen molar-refractivity contribution < 1.29 is 28.5 Å². The fourth-order valence-corrected chi connectivity index (χ4v) is 5.16. The molecule has 8 nitrogen and oxygen atoms in total. The molecule has 0 saturated carbocycles. The summed E-state index contributed by atoms with van der Waals surface area (Å²) in [4.78, 5) is 29.0. The van der Waals surface area contributed by atoms with Crippen LogP contribution in [0.5, 0.6) is 23.0 Å². The lowest BCUT2D eigenvalue weighted by Crippen LogP contribution is -2.31. The van der Waals surface area contributed by atoms with Crippen LogP contribution in [0.25, 0.3) is 6.08 Å². The van der Waals surface area contributed by atoms with Gasteiger partial charge in [0.1, 0.15) is 0 Å². The maximum absolute atomic E-state index is 13.2. The van der Waals surface area contributed by atoms with Crippen molar-refractivity contribution in [2.45, 2.75) is 18.4 Å². The quantitative estimate of drug-likeness (QED) is 0.447. The number of nitrogens with one attached hydrogen (secondary N) is 1. The number of fused-ring (bicyclic) bond motifs is 2. The van der Waals surface area contributed by atoms with E-state index in [2.05, 4.69) is 5.32 Å². The molecule has 190 valence electrons. The number of rotatable bonds is 7. The molecule has 1 N–H and O–H groups in total. The van der Waals surface area contributed by atoms with Crippen molar-refractivity contribution in [1.82, 2.24) is 5.32 Å². The number of hydrogen-bond acceptors (Lipinski definition) is 7. The second-order valence-corrected chi connectivity index (χ2v) is 9.45. The summed E-state index contributed by atoms with van der Waals surface area (Å²) in [6.07, 6.45) is 1.83. The van der Waals surface area contributed by atoms with Crippen LogP contribution < -0.4 is 29.2 Å². The molecule has 0 atom stereocenters. The number of likely N-dealkylation sites (N-methyl/N-ethyl adjacent to an activating group) is 1. The maximum Gasteiger partial charge on any atom is 0.264 e. The normalized spacial score (nSPS) is 14.9. The van der Waals surface area contributed by atoms with Gasteiger partial charge in [0.15, 0.2) is 23.0 Å². The Hall–Kier alpha value is -4.11. The number of nitrogens with zero attached hydrogens (tertiary/aromatic N) is 1. The van der Waals surface area contributed by atoms with Gasteiger partial charge >= 0.3 is 0 Å². The molecule has 2 aliphatic heterocycles. The molecule has 3 aromatic rings. The standard InChI is InChI=1S/C28H26N2O6S/c1-4-34-21-8-5-17(11-23(21)33-3)13-26-28(32)30(2)20-14-19(7-10-25(20)37-26)27(31)29-15-18-6-9-22-24(12-18)36-16-35-22/h5-14H,4,15-16H2,1-3H3,(H,29,31). The molecule has 9 heteroatoms. The lowest BCUT2D eigenvalue weighted by Gasteiger charge is -2.27. The number of methoxy groups -OCH3 is 1. The van der Waals surface area contributed by atoms with Crippen molar-refractivity contribution in [1.29, 1.82) is 0 Å². The largest absolute Gasteiger partial charge is 0.493 e. The first-order valence-electron chi connectivity index (χ1n) is 11.8. The van der Waals surface area contributed by atoms with Crippen LogP contribution in [0.4, 0.5) is 5.69 Å². The molecule has 0 radical (unpaired) electrons. The summed E-state index contributed by atoms with van der Waals surface area (Å²) in [6.45, 7) is 2.99. The van der Waals surface area contributed by atoms with Gasteiger partial charge in [-0.25, -0.2) is 0 Å². The Labute approximate surface area is 219 Å². The van der Waals surface area contributed by atoms with Gasteiger partial charge in [-0.3, -0.25) is 9.59 Å². The summed E-state index contributed by atoms with van der Waals surface area (Å²) in [7, 11) is 3.30. The van der Waals surface area contributed by atoms with Crippen LogP contribution in [0.15, 0.2) is 64.4 Å². The summed E-state index contributed by atoms with van der Waals surface area (Å²) in [5.41, 5.74) is 2.89. The molecule has 2 heterocycles. The fraction of sp³-hybridized carbons (Fsp3) is 0.214. The highest BCUT2D eigenvalue weighted by Crippen LogP contribution is 2.42. The second-order valence-electron chi connectivity index (χ2n) is 8.37. The predicted octanol–water partition coefficient (Wildman–Crippen LogP) is 4.86. The average Bonchev–Trinajstić information content (AvgIpc) is 3.39. The third-order valence-electron chi connectivity index (χ3n) is 5.99. The molecule has 37 heavy (non-hydrogen) atoms. The monoisotopic (exact) mass is 518 g/mol. The third kappa shape index (κ3) is 5.08. The van der Waals surface area contributed by atoms with E-state index in [0.29, 0.717) is 52.3 Å². The number of ether oxygens (including phenoxy) is 4. The molecular weight excluding hydrogens is 492 g/mol. The minimum Gasteiger partial charge on any atom is -0.493 e. The van der Waals surface area contributed by atoms with E-state index in [4.69, 9.17) is 18.9 Å². The Morgan fingerprint density at radius 1 is 1.08 bits per heavy atom. The highest BCUT2D eigenvalue weighted by atomic mass is 32.2. The number of benzene rings is 3. The highest BCUT2D eigenvalue weighted by molar-refractivity contribution is 8.04. The van der Waals surface area contributed by atoms with E-state index in [1.807, 2.05) is 55.5 Å². The molecule has 0 aromatic heterocycles. The Kier molecular flexibility index (Phi) is 6.96. The average molecular weight is 519 g/mol. The lowest BCUT2D eigenvalue weighted by molar-refractivity contribution is -0.114. The first-order chi connectivity index (χ1) is 18.0. The van der Waals surface area contributed by atoms with E-state index in [0.717, 1.165) is 16.0 Å². The van der Waals surface area contributed by atoms with Crippen LogP contribution >= 0.6 is 11.8 Å². The van der Waals surface area contributed by atoms with Crippen molar-refractivity contribution in [3.63, 3.8) is 0 Å². The van der Waals surface area contributed by atoms with Gasteiger partial charge in [0, 0.05) is 24.1 Å². The third-order valence-corrected chi connectivity index (χ3v) is 7.07. The van der Waals surface area contributed by atoms with Crippen LogP contribution in [-0.4, -0.2) is 39.4 Å². The molecule has 0 aliphatic carbocycles. The number of carbonyl (C=O) groups is 2. The van der Waals surface area contributed by atoms with Gasteiger partial charge in [0.25, 0.3) is 11.8 Å². The number of anilines is 1. The van der Waals surface area contributed by atoms with E-state index in [9.17, 15) is 9.59 Å². The van der Waals surface area contributed by atoms with Crippen molar-refractivity contribution in [3.05, 3.63) is 76.2 Å². The van der Waals surface area contributed by atoms with Gasteiger partial charge in [-0.15, -0.1) is 0 Å². The van der Waals surface area contributed by atoms with Gasteiger partial charge in [-0.2, -0.15) is 0 Å². The van der Waals surface area contributed by atoms with Crippen LogP contribution in [0, 0.1) is 0 Å². The predicted molar refractivity (Wildman–Crippen MR) is 142 cm³/mol. The van der Waals surface area contributed by atoms with Crippen LogP contribution in [0.3, 0.4) is 0 Å². The minimum atomic E-state index is -0.228. The zero-order valence-electron chi connectivity index (χ0n) is 20.7. The van der Waals surface area contributed by atoms with Gasteiger partial charge in [0.05, 0.1) is 24.3 Å². The molecule has 3 aromatic carbocycles. The van der Waals surface area contributed by atoms with Gasteiger partial charge < -0.3 is 29.2 Å². The zero-order chi connectivity index (χ0) is 25.9. The Balaban J connectivity index is 1.31. The second kappa shape index (κ2) is 10.5. The summed E-state index contributed by atoms with van der Waals surface area (Å²) in [5, 5.41) is 2.93. The SMILES string of the molecule is CCOc1ccc(C=C2Sc3ccc(C(=O)NCc4ccc5c(c4)OCO5)cc3N(C)C2=O)cc1OC. The molecular formula is C28H26N2O6S. The number of carbonyl (C=O) groups excluding carboxylic acids is 2. The highest BCUT2D eigenvalue weighted by Gasteiger charge is 2.27. The van der Waals surface area contributed by atoms with Gasteiger partial charge in [-0.1, -0.05) is 23.9 Å².